The minimum atomic E-state index is 0.112. The maximum atomic E-state index is 12.8. The van der Waals surface area contributed by atoms with E-state index in [9.17, 15) is 4.79 Å². The molecule has 0 unspecified atom stereocenters. The van der Waals surface area contributed by atoms with Gasteiger partial charge in [0.05, 0.1) is 10.8 Å². The minimum Gasteiger partial charge on any atom is -0.385 e. The van der Waals surface area contributed by atoms with Gasteiger partial charge in [-0.1, -0.05) is 47.6 Å². The standard InChI is InChI=1S/C23H24ClN3O2S/c1-29-13-5-12-27-22(19-8-2-3-9-20(19)24)25-26-23(27)30-15-21(28)18-11-10-16-6-4-7-17(16)14-18/h2-3,8-11,14H,4-7,12-13,15H2,1H3. The summed E-state index contributed by atoms with van der Waals surface area (Å²) in [5, 5.41) is 10.1. The molecule has 0 radical (unpaired) electrons. The molecular weight excluding hydrogens is 418 g/mol. The highest BCUT2D eigenvalue weighted by Crippen LogP contribution is 2.30. The second-order valence-corrected chi connectivity index (χ2v) is 8.68. The van der Waals surface area contributed by atoms with Crippen molar-refractivity contribution in [1.29, 1.82) is 0 Å². The highest BCUT2D eigenvalue weighted by atomic mass is 35.5. The lowest BCUT2D eigenvalue weighted by atomic mass is 10.0. The summed E-state index contributed by atoms with van der Waals surface area (Å²) in [6.45, 7) is 1.33. The summed E-state index contributed by atoms with van der Waals surface area (Å²) in [6, 6.07) is 13.7. The van der Waals surface area contributed by atoms with E-state index >= 15 is 0 Å². The van der Waals surface area contributed by atoms with Crippen LogP contribution >= 0.6 is 23.4 Å². The Morgan fingerprint density at radius 1 is 1.17 bits per heavy atom. The summed E-state index contributed by atoms with van der Waals surface area (Å²) in [5.41, 5.74) is 4.30. The van der Waals surface area contributed by atoms with Crippen molar-refractivity contribution in [3.63, 3.8) is 0 Å². The fourth-order valence-corrected chi connectivity index (χ4v) is 4.84. The van der Waals surface area contributed by atoms with Crippen LogP contribution in [0.3, 0.4) is 0 Å². The second kappa shape index (κ2) is 9.77. The van der Waals surface area contributed by atoms with Crippen molar-refractivity contribution in [2.75, 3.05) is 19.5 Å². The van der Waals surface area contributed by atoms with Gasteiger partial charge >= 0.3 is 0 Å². The monoisotopic (exact) mass is 441 g/mol. The molecule has 3 aromatic rings. The number of Topliss-reactive ketones (excluding diaryl/α,β-unsaturated/α-hetero) is 1. The van der Waals surface area contributed by atoms with Crippen molar-refractivity contribution < 1.29 is 9.53 Å². The predicted molar refractivity (Wildman–Crippen MR) is 120 cm³/mol. The summed E-state index contributed by atoms with van der Waals surface area (Å²) in [6.07, 6.45) is 4.18. The molecule has 0 aliphatic heterocycles. The van der Waals surface area contributed by atoms with E-state index < -0.39 is 0 Å². The van der Waals surface area contributed by atoms with E-state index in [1.807, 2.05) is 34.9 Å². The summed E-state index contributed by atoms with van der Waals surface area (Å²) >= 11 is 7.81. The lowest BCUT2D eigenvalue weighted by Gasteiger charge is -2.11. The van der Waals surface area contributed by atoms with Crippen LogP contribution in [0.15, 0.2) is 47.6 Å². The molecule has 1 aromatic heterocycles. The Morgan fingerprint density at radius 2 is 2.00 bits per heavy atom. The number of fused-ring (bicyclic) bond motifs is 1. The third-order valence-electron chi connectivity index (χ3n) is 5.31. The van der Waals surface area contributed by atoms with Gasteiger partial charge in [0.25, 0.3) is 0 Å². The number of methoxy groups -OCH3 is 1. The molecule has 1 aliphatic rings. The number of rotatable bonds is 9. The Kier molecular flexibility index (Phi) is 6.87. The number of ketones is 1. The molecule has 4 rings (SSSR count). The third-order valence-corrected chi connectivity index (χ3v) is 6.61. The Balaban J connectivity index is 1.53. The number of ether oxygens (including phenoxy) is 1. The average molecular weight is 442 g/mol. The molecule has 0 N–H and O–H groups in total. The van der Waals surface area contributed by atoms with E-state index in [0.717, 1.165) is 35.5 Å². The molecule has 2 aromatic carbocycles. The van der Waals surface area contributed by atoms with Crippen LogP contribution in [0.4, 0.5) is 0 Å². The normalized spacial score (nSPS) is 12.9. The van der Waals surface area contributed by atoms with Gasteiger partial charge in [0.15, 0.2) is 16.8 Å². The van der Waals surface area contributed by atoms with Crippen LogP contribution in [0.2, 0.25) is 5.02 Å². The molecular formula is C23H24ClN3O2S. The summed E-state index contributed by atoms with van der Waals surface area (Å²) < 4.78 is 7.23. The number of nitrogens with zero attached hydrogens (tertiary/aromatic N) is 3. The first-order valence-corrected chi connectivity index (χ1v) is 11.5. The van der Waals surface area contributed by atoms with Crippen LogP contribution in [-0.4, -0.2) is 40.0 Å². The first kappa shape index (κ1) is 21.1. The molecule has 5 nitrogen and oxygen atoms in total. The number of carbonyl (C=O) groups is 1. The van der Waals surface area contributed by atoms with Crippen LogP contribution in [0.5, 0.6) is 0 Å². The number of carbonyl (C=O) groups excluding carboxylic acids is 1. The van der Waals surface area contributed by atoms with E-state index in [2.05, 4.69) is 22.3 Å². The number of hydrogen-bond donors (Lipinski definition) is 0. The maximum absolute atomic E-state index is 12.8. The van der Waals surface area contributed by atoms with E-state index in [0.29, 0.717) is 29.8 Å². The number of aromatic nitrogens is 3. The Morgan fingerprint density at radius 3 is 2.83 bits per heavy atom. The van der Waals surface area contributed by atoms with Gasteiger partial charge < -0.3 is 9.30 Å². The average Bonchev–Trinajstić information content (AvgIpc) is 3.39. The molecule has 0 saturated carbocycles. The second-order valence-electron chi connectivity index (χ2n) is 7.33. The number of thioether (sulfide) groups is 1. The summed E-state index contributed by atoms with van der Waals surface area (Å²) in [4.78, 5) is 12.8. The first-order chi connectivity index (χ1) is 14.7. The fourth-order valence-electron chi connectivity index (χ4n) is 3.76. The SMILES string of the molecule is COCCCn1c(SCC(=O)c2ccc3c(c2)CCC3)nnc1-c1ccccc1Cl. The highest BCUT2D eigenvalue weighted by molar-refractivity contribution is 7.99. The zero-order valence-electron chi connectivity index (χ0n) is 16.9. The third kappa shape index (κ3) is 4.61. The van der Waals surface area contributed by atoms with E-state index in [1.54, 1.807) is 7.11 Å². The van der Waals surface area contributed by atoms with Crippen molar-refractivity contribution in [1.82, 2.24) is 14.8 Å². The first-order valence-electron chi connectivity index (χ1n) is 10.1. The van der Waals surface area contributed by atoms with E-state index in [4.69, 9.17) is 16.3 Å². The van der Waals surface area contributed by atoms with Crippen LogP contribution < -0.4 is 0 Å². The Labute approximate surface area is 185 Å². The lowest BCUT2D eigenvalue weighted by molar-refractivity contribution is 0.102. The van der Waals surface area contributed by atoms with Gasteiger partial charge in [-0.05, 0) is 55.0 Å². The molecule has 0 amide bonds. The number of hydrogen-bond acceptors (Lipinski definition) is 5. The zero-order chi connectivity index (χ0) is 20.9. The van der Waals surface area contributed by atoms with Crippen LogP contribution in [0.1, 0.15) is 34.3 Å². The molecule has 7 heteroatoms. The Bertz CT molecular complexity index is 1050. The minimum absolute atomic E-state index is 0.112. The maximum Gasteiger partial charge on any atom is 0.191 e. The fraction of sp³-hybridized carbons (Fsp3) is 0.348. The highest BCUT2D eigenvalue weighted by Gasteiger charge is 2.19. The van der Waals surface area contributed by atoms with Crippen LogP contribution in [0, 0.1) is 0 Å². The molecule has 30 heavy (non-hydrogen) atoms. The molecule has 1 aliphatic carbocycles. The van der Waals surface area contributed by atoms with E-state index in [1.165, 1.54) is 29.3 Å². The smallest absolute Gasteiger partial charge is 0.191 e. The molecule has 0 bridgehead atoms. The predicted octanol–water partition coefficient (Wildman–Crippen LogP) is 5.10. The number of halogens is 1. The van der Waals surface area contributed by atoms with Crippen molar-refractivity contribution in [3.05, 3.63) is 64.2 Å². The van der Waals surface area contributed by atoms with Crippen LogP contribution in [-0.2, 0) is 24.1 Å². The Hall–Kier alpha value is -2.15. The van der Waals surface area contributed by atoms with Crippen molar-refractivity contribution >= 4 is 29.1 Å². The van der Waals surface area contributed by atoms with Crippen molar-refractivity contribution in [2.45, 2.75) is 37.4 Å². The molecule has 1 heterocycles. The van der Waals surface area contributed by atoms with Crippen LogP contribution in [0.25, 0.3) is 11.4 Å². The van der Waals surface area contributed by atoms with Gasteiger partial charge in [0.1, 0.15) is 0 Å². The number of aryl methyl sites for hydroxylation is 2. The quantitative estimate of drug-likeness (QED) is 0.262. The van der Waals surface area contributed by atoms with Gasteiger partial charge in [-0.3, -0.25) is 4.79 Å². The van der Waals surface area contributed by atoms with Gasteiger partial charge in [0, 0.05) is 31.4 Å². The molecule has 0 saturated heterocycles. The van der Waals surface area contributed by atoms with Gasteiger partial charge in [-0.15, -0.1) is 10.2 Å². The molecule has 0 fully saturated rings. The van der Waals surface area contributed by atoms with Crippen molar-refractivity contribution in [2.24, 2.45) is 0 Å². The van der Waals surface area contributed by atoms with Crippen molar-refractivity contribution in [3.8, 4) is 11.4 Å². The zero-order valence-corrected chi connectivity index (χ0v) is 18.5. The molecule has 0 spiro atoms. The van der Waals surface area contributed by atoms with E-state index in [-0.39, 0.29) is 5.78 Å². The molecule has 156 valence electrons. The van der Waals surface area contributed by atoms with Gasteiger partial charge in [0.2, 0.25) is 0 Å². The molecule has 0 atom stereocenters. The topological polar surface area (TPSA) is 57.0 Å². The summed E-state index contributed by atoms with van der Waals surface area (Å²) in [7, 11) is 1.69. The largest absolute Gasteiger partial charge is 0.385 e. The van der Waals surface area contributed by atoms with Gasteiger partial charge in [-0.25, -0.2) is 0 Å². The van der Waals surface area contributed by atoms with Gasteiger partial charge in [-0.2, -0.15) is 0 Å². The summed E-state index contributed by atoms with van der Waals surface area (Å²) in [5.74, 6) is 1.15. The number of benzene rings is 2. The lowest BCUT2D eigenvalue weighted by Crippen LogP contribution is -2.08.